The molecule has 9 heteroatoms. The van der Waals surface area contributed by atoms with Crippen molar-refractivity contribution in [1.29, 1.82) is 0 Å². The molecule has 0 unspecified atom stereocenters. The normalized spacial score (nSPS) is 11.4. The summed E-state index contributed by atoms with van der Waals surface area (Å²) in [6.45, 7) is 0.174. The number of methoxy groups -OCH3 is 2. The van der Waals surface area contributed by atoms with Crippen molar-refractivity contribution in [2.45, 2.75) is 6.54 Å². The van der Waals surface area contributed by atoms with Crippen molar-refractivity contribution < 1.29 is 19.0 Å². The van der Waals surface area contributed by atoms with E-state index in [0.29, 0.717) is 51.1 Å². The van der Waals surface area contributed by atoms with Crippen LogP contribution in [0.4, 0.5) is 0 Å². The minimum Gasteiger partial charge on any atom is -0.493 e. The van der Waals surface area contributed by atoms with Gasteiger partial charge in [-0.15, -0.1) is 0 Å². The number of benzene rings is 2. The highest BCUT2D eigenvalue weighted by Crippen LogP contribution is 2.39. The van der Waals surface area contributed by atoms with Gasteiger partial charge in [-0.2, -0.15) is 0 Å². The third-order valence-corrected chi connectivity index (χ3v) is 6.43. The van der Waals surface area contributed by atoms with E-state index in [-0.39, 0.29) is 18.1 Å². The molecule has 37 heavy (non-hydrogen) atoms. The highest BCUT2D eigenvalue weighted by Gasteiger charge is 2.22. The molecular weight excluding hydrogens is 472 g/mol. The molecule has 0 aliphatic carbocycles. The molecule has 0 aliphatic heterocycles. The van der Waals surface area contributed by atoms with Gasteiger partial charge < -0.3 is 19.5 Å². The van der Waals surface area contributed by atoms with E-state index in [9.17, 15) is 9.59 Å². The van der Waals surface area contributed by atoms with Crippen molar-refractivity contribution in [3.8, 4) is 17.2 Å². The highest BCUT2D eigenvalue weighted by atomic mass is 16.5. The molecule has 0 radical (unpaired) electrons. The molecule has 0 spiro atoms. The van der Waals surface area contributed by atoms with E-state index >= 15 is 0 Å². The van der Waals surface area contributed by atoms with Gasteiger partial charge in [0, 0.05) is 28.6 Å². The predicted octanol–water partition coefficient (Wildman–Crippen LogP) is 3.70. The maximum atomic E-state index is 13.8. The third-order valence-electron chi connectivity index (χ3n) is 6.43. The average Bonchev–Trinajstić information content (AvgIpc) is 3.28. The van der Waals surface area contributed by atoms with E-state index in [1.54, 1.807) is 28.9 Å². The van der Waals surface area contributed by atoms with Crippen LogP contribution in [0.1, 0.15) is 5.69 Å². The Bertz CT molecular complexity index is 1850. The van der Waals surface area contributed by atoms with Crippen molar-refractivity contribution in [2.24, 2.45) is 0 Å². The molecule has 6 rings (SSSR count). The largest absolute Gasteiger partial charge is 0.493 e. The van der Waals surface area contributed by atoms with Crippen molar-refractivity contribution in [3.63, 3.8) is 0 Å². The summed E-state index contributed by atoms with van der Waals surface area (Å²) in [5, 5.41) is 5.56. The zero-order valence-electron chi connectivity index (χ0n) is 20.1. The van der Waals surface area contributed by atoms with Gasteiger partial charge in [-0.25, -0.2) is 0 Å². The minimum atomic E-state index is -0.260. The van der Waals surface area contributed by atoms with E-state index < -0.39 is 0 Å². The molecule has 4 heterocycles. The van der Waals surface area contributed by atoms with Crippen LogP contribution < -0.4 is 25.1 Å². The predicted molar refractivity (Wildman–Crippen MR) is 140 cm³/mol. The van der Waals surface area contributed by atoms with Crippen LogP contribution in [0.5, 0.6) is 17.2 Å². The number of hydrogen-bond acceptors (Lipinski definition) is 7. The Morgan fingerprint density at radius 1 is 0.946 bits per heavy atom. The Morgan fingerprint density at radius 3 is 2.62 bits per heavy atom. The van der Waals surface area contributed by atoms with Gasteiger partial charge in [-0.1, -0.05) is 6.07 Å². The van der Waals surface area contributed by atoms with Gasteiger partial charge in [-0.05, 0) is 48.5 Å². The van der Waals surface area contributed by atoms with Crippen LogP contribution in [0.25, 0.3) is 38.1 Å². The van der Waals surface area contributed by atoms with E-state index in [4.69, 9.17) is 14.2 Å². The van der Waals surface area contributed by atoms with E-state index in [2.05, 4.69) is 15.3 Å². The van der Waals surface area contributed by atoms with Crippen molar-refractivity contribution >= 4 is 44.0 Å². The lowest BCUT2D eigenvalue weighted by Crippen LogP contribution is -2.28. The first-order valence-electron chi connectivity index (χ1n) is 11.6. The fourth-order valence-electron chi connectivity index (χ4n) is 4.78. The molecular formula is C28H22N4O5. The Labute approximate surface area is 210 Å². The number of carbonyl (C=O) groups is 1. The van der Waals surface area contributed by atoms with Crippen LogP contribution in [0.3, 0.4) is 0 Å². The number of nitrogens with one attached hydrogen (secondary N) is 1. The standard InChI is InChI=1S/C28H22N4O5/c1-35-22-9-7-19-24(27(22)36-2)28(34)32-21-8-6-17(13-20(21)18-10-12-30-25(19)26(18)32)37-15-23(33)31-14-16-5-3-4-11-29-16/h3-13H,14-15H2,1-2H3,(H,31,33). The summed E-state index contributed by atoms with van der Waals surface area (Å²) in [6.07, 6.45) is 3.40. The monoisotopic (exact) mass is 494 g/mol. The first kappa shape index (κ1) is 22.5. The summed E-state index contributed by atoms with van der Waals surface area (Å²) in [4.78, 5) is 34.9. The number of aromatic nitrogens is 3. The zero-order chi connectivity index (χ0) is 25.5. The molecule has 6 aromatic rings. The van der Waals surface area contributed by atoms with Gasteiger partial charge in [0.1, 0.15) is 5.75 Å². The average molecular weight is 495 g/mol. The second kappa shape index (κ2) is 8.94. The number of pyridine rings is 3. The molecule has 0 saturated carbocycles. The highest BCUT2D eigenvalue weighted by molar-refractivity contribution is 6.19. The molecule has 1 amide bonds. The lowest BCUT2D eigenvalue weighted by Gasteiger charge is -2.12. The van der Waals surface area contributed by atoms with Gasteiger partial charge in [0.25, 0.3) is 11.5 Å². The van der Waals surface area contributed by atoms with Crippen LogP contribution in [0.2, 0.25) is 0 Å². The fourth-order valence-corrected chi connectivity index (χ4v) is 4.78. The topological polar surface area (TPSA) is 104 Å². The van der Waals surface area contributed by atoms with Crippen LogP contribution in [-0.4, -0.2) is 41.1 Å². The quantitative estimate of drug-likeness (QED) is 0.338. The van der Waals surface area contributed by atoms with Crippen LogP contribution in [-0.2, 0) is 11.3 Å². The van der Waals surface area contributed by atoms with Gasteiger partial charge in [0.2, 0.25) is 0 Å². The molecule has 0 atom stereocenters. The fraction of sp³-hybridized carbons (Fsp3) is 0.143. The number of ether oxygens (including phenoxy) is 3. The minimum absolute atomic E-state index is 0.148. The molecule has 0 aliphatic rings. The van der Waals surface area contributed by atoms with Gasteiger partial charge >= 0.3 is 0 Å². The number of hydrogen-bond donors (Lipinski definition) is 1. The first-order valence-corrected chi connectivity index (χ1v) is 11.6. The van der Waals surface area contributed by atoms with E-state index in [1.165, 1.54) is 14.2 Å². The molecule has 2 aromatic carbocycles. The van der Waals surface area contributed by atoms with Crippen molar-refractivity contribution in [1.82, 2.24) is 19.7 Å². The first-order chi connectivity index (χ1) is 18.1. The Balaban J connectivity index is 1.41. The molecule has 9 nitrogen and oxygen atoms in total. The SMILES string of the molecule is COc1ccc2c(c1OC)c(=O)n1c3ccc(OCC(=O)NCc4ccccn4)cc3c3ccnc2c31. The van der Waals surface area contributed by atoms with E-state index in [1.807, 2.05) is 42.5 Å². The molecule has 1 N–H and O–H groups in total. The molecule has 0 fully saturated rings. The van der Waals surface area contributed by atoms with Crippen molar-refractivity contribution in [2.75, 3.05) is 20.8 Å². The lowest BCUT2D eigenvalue weighted by atomic mass is 10.1. The number of amides is 1. The summed E-state index contributed by atoms with van der Waals surface area (Å²) < 4.78 is 18.4. The summed E-state index contributed by atoms with van der Waals surface area (Å²) in [5.74, 6) is 1.09. The third kappa shape index (κ3) is 3.63. The zero-order valence-corrected chi connectivity index (χ0v) is 20.1. The number of carbonyl (C=O) groups excluding carboxylic acids is 1. The van der Waals surface area contributed by atoms with Crippen LogP contribution in [0, 0.1) is 0 Å². The molecule has 0 saturated heterocycles. The second-order valence-corrected chi connectivity index (χ2v) is 8.49. The maximum absolute atomic E-state index is 13.8. The number of fused-ring (bicyclic) bond motifs is 5. The Morgan fingerprint density at radius 2 is 1.84 bits per heavy atom. The van der Waals surface area contributed by atoms with E-state index in [0.717, 1.165) is 16.5 Å². The van der Waals surface area contributed by atoms with Crippen LogP contribution in [0.15, 0.2) is 71.8 Å². The molecule has 4 aromatic heterocycles. The summed E-state index contributed by atoms with van der Waals surface area (Å²) in [7, 11) is 3.05. The summed E-state index contributed by atoms with van der Waals surface area (Å²) in [5.41, 5.74) is 2.64. The van der Waals surface area contributed by atoms with Crippen LogP contribution >= 0.6 is 0 Å². The summed E-state index contributed by atoms with van der Waals surface area (Å²) in [6, 6.07) is 16.4. The smallest absolute Gasteiger partial charge is 0.267 e. The van der Waals surface area contributed by atoms with Crippen molar-refractivity contribution in [3.05, 3.63) is 83.0 Å². The maximum Gasteiger partial charge on any atom is 0.267 e. The van der Waals surface area contributed by atoms with Gasteiger partial charge in [0.05, 0.1) is 48.4 Å². The second-order valence-electron chi connectivity index (χ2n) is 8.49. The molecule has 184 valence electrons. The van der Waals surface area contributed by atoms with Gasteiger partial charge in [-0.3, -0.25) is 24.0 Å². The summed E-state index contributed by atoms with van der Waals surface area (Å²) >= 11 is 0. The Hall–Kier alpha value is -4.92. The number of rotatable bonds is 7. The number of nitrogens with zero attached hydrogens (tertiary/aromatic N) is 3. The molecule has 0 bridgehead atoms. The van der Waals surface area contributed by atoms with Gasteiger partial charge in [0.15, 0.2) is 18.1 Å². The Kier molecular flexibility index (Phi) is 5.45. The lowest BCUT2D eigenvalue weighted by molar-refractivity contribution is -0.123.